The monoisotopic (exact) mass is 553 g/mol. The van der Waals surface area contributed by atoms with Crippen molar-refractivity contribution in [2.75, 3.05) is 37.3 Å². The Morgan fingerprint density at radius 2 is 1.81 bits per heavy atom. The summed E-state index contributed by atoms with van der Waals surface area (Å²) in [4.78, 5) is 29.7. The maximum absolute atomic E-state index is 13.4. The van der Waals surface area contributed by atoms with Crippen LogP contribution in [0.5, 0.6) is 0 Å². The third kappa shape index (κ3) is 6.51. The van der Waals surface area contributed by atoms with Crippen LogP contribution in [0.1, 0.15) is 26.3 Å². The molecule has 13 heteroatoms. The lowest BCUT2D eigenvalue weighted by molar-refractivity contribution is -0.137. The highest BCUT2D eigenvalue weighted by Gasteiger charge is 2.32. The van der Waals surface area contributed by atoms with E-state index in [1.807, 2.05) is 4.90 Å². The molecule has 1 saturated heterocycles. The van der Waals surface area contributed by atoms with Gasteiger partial charge in [0, 0.05) is 49.1 Å². The van der Waals surface area contributed by atoms with Crippen LogP contribution in [0.2, 0.25) is 0 Å². The number of hydrogen-bond acceptors (Lipinski definition) is 8. The number of piperazine rings is 1. The summed E-state index contributed by atoms with van der Waals surface area (Å²) in [6.07, 6.45) is -1.98. The lowest BCUT2D eigenvalue weighted by Gasteiger charge is -2.35. The molecule has 1 atom stereocenters. The molecule has 3 aromatic rings. The average molecular weight is 554 g/mol. The molecule has 0 aliphatic carbocycles. The molecule has 37 heavy (non-hydrogen) atoms. The van der Waals surface area contributed by atoms with Gasteiger partial charge in [-0.15, -0.1) is 0 Å². The number of carbonyl (C=O) groups is 1. The van der Waals surface area contributed by atoms with Crippen LogP contribution in [0.4, 0.5) is 23.1 Å². The fourth-order valence-electron chi connectivity index (χ4n) is 3.67. The predicted molar refractivity (Wildman–Crippen MR) is 136 cm³/mol. The summed E-state index contributed by atoms with van der Waals surface area (Å²) in [5.74, 6) is 0. The van der Waals surface area contributed by atoms with Gasteiger partial charge in [-0.05, 0) is 39.0 Å². The Kier molecular flexibility index (Phi) is 7.67. The van der Waals surface area contributed by atoms with Gasteiger partial charge in [-0.25, -0.2) is 9.78 Å². The molecule has 1 amide bonds. The van der Waals surface area contributed by atoms with Gasteiger partial charge in [0.2, 0.25) is 0 Å². The number of amides is 1. The Bertz CT molecular complexity index is 1270. The van der Waals surface area contributed by atoms with E-state index in [4.69, 9.17) is 9.72 Å². The normalized spacial score (nSPS) is 15.6. The Morgan fingerprint density at radius 1 is 1.11 bits per heavy atom. The molecule has 3 heterocycles. The van der Waals surface area contributed by atoms with Crippen molar-refractivity contribution in [1.29, 1.82) is 0 Å². The van der Waals surface area contributed by atoms with E-state index in [-0.39, 0.29) is 10.7 Å². The largest absolute Gasteiger partial charge is 0.609 e. The summed E-state index contributed by atoms with van der Waals surface area (Å²) in [5, 5.41) is 0.706. The molecule has 0 saturated carbocycles. The van der Waals surface area contributed by atoms with Crippen LogP contribution in [0.15, 0.2) is 41.7 Å². The summed E-state index contributed by atoms with van der Waals surface area (Å²) in [6.45, 7) is 7.19. The molecule has 2 aromatic heterocycles. The van der Waals surface area contributed by atoms with E-state index in [0.29, 0.717) is 47.6 Å². The predicted octanol–water partition coefficient (Wildman–Crippen LogP) is 5.08. The first kappa shape index (κ1) is 27.1. The van der Waals surface area contributed by atoms with Crippen molar-refractivity contribution in [1.82, 2.24) is 19.9 Å². The number of carbonyl (C=O) groups excluding carboxylic acids is 1. The van der Waals surface area contributed by atoms with Gasteiger partial charge in [-0.2, -0.15) is 23.1 Å². The Morgan fingerprint density at radius 3 is 2.43 bits per heavy atom. The second-order valence-electron chi connectivity index (χ2n) is 9.39. The highest BCUT2D eigenvalue weighted by atomic mass is 32.2. The molecule has 1 aliphatic heterocycles. The van der Waals surface area contributed by atoms with Crippen molar-refractivity contribution in [3.8, 4) is 21.8 Å². The van der Waals surface area contributed by atoms with Crippen molar-refractivity contribution < 1.29 is 27.3 Å². The number of thiazole rings is 1. The highest BCUT2D eigenvalue weighted by molar-refractivity contribution is 7.90. The van der Waals surface area contributed by atoms with E-state index >= 15 is 0 Å². The number of halogens is 3. The smallest absolute Gasteiger partial charge is 0.416 e. The number of aromatic nitrogens is 3. The van der Waals surface area contributed by atoms with E-state index < -0.39 is 34.6 Å². The fraction of sp³-hybridized carbons (Fsp3) is 0.417. The zero-order chi connectivity index (χ0) is 27.0. The number of hydrogen-bond donors (Lipinski definition) is 0. The van der Waals surface area contributed by atoms with Crippen molar-refractivity contribution in [3.05, 3.63) is 42.1 Å². The van der Waals surface area contributed by atoms with E-state index in [0.717, 1.165) is 12.1 Å². The van der Waals surface area contributed by atoms with Crippen LogP contribution in [-0.4, -0.2) is 68.5 Å². The zero-order valence-electron chi connectivity index (χ0n) is 20.7. The fourth-order valence-corrected chi connectivity index (χ4v) is 5.21. The molecular weight excluding hydrogens is 527 g/mol. The summed E-state index contributed by atoms with van der Waals surface area (Å²) < 4.78 is 57.7. The van der Waals surface area contributed by atoms with Gasteiger partial charge in [0.05, 0.1) is 21.8 Å². The van der Waals surface area contributed by atoms with Crippen molar-refractivity contribution in [2.45, 2.75) is 37.7 Å². The summed E-state index contributed by atoms with van der Waals surface area (Å²) >= 11 is -0.163. The van der Waals surface area contributed by atoms with Crippen LogP contribution >= 0.6 is 11.3 Å². The number of benzene rings is 1. The first-order valence-electron chi connectivity index (χ1n) is 11.4. The molecule has 0 bridgehead atoms. The lowest BCUT2D eigenvalue weighted by Crippen LogP contribution is -2.50. The van der Waals surface area contributed by atoms with Gasteiger partial charge in [-0.3, -0.25) is 0 Å². The van der Waals surface area contributed by atoms with E-state index in [9.17, 15) is 22.5 Å². The molecule has 0 spiro atoms. The van der Waals surface area contributed by atoms with Crippen molar-refractivity contribution >= 4 is 33.7 Å². The zero-order valence-corrected chi connectivity index (χ0v) is 22.3. The SMILES string of the molecule is C[S+]([O-])c1nccc(-c2sc(N3CCN(C(=O)OC(C)(C)C)CC3)nc2-c2cccc(C(F)(F)F)c2)n1. The first-order chi connectivity index (χ1) is 17.3. The first-order valence-corrected chi connectivity index (χ1v) is 13.8. The average Bonchev–Trinajstić information content (AvgIpc) is 3.28. The molecule has 1 aliphatic rings. The second kappa shape index (κ2) is 10.5. The van der Waals surface area contributed by atoms with E-state index in [2.05, 4.69) is 9.97 Å². The van der Waals surface area contributed by atoms with Crippen LogP contribution < -0.4 is 4.90 Å². The summed E-state index contributed by atoms with van der Waals surface area (Å²) in [5.41, 5.74) is -0.334. The third-order valence-corrected chi connectivity index (χ3v) is 7.25. The number of ether oxygens (including phenoxy) is 1. The molecule has 8 nitrogen and oxygen atoms in total. The molecule has 1 aromatic carbocycles. The van der Waals surface area contributed by atoms with E-state index in [1.54, 1.807) is 37.8 Å². The Balaban J connectivity index is 1.68. The van der Waals surface area contributed by atoms with Crippen LogP contribution in [-0.2, 0) is 22.1 Å². The summed E-state index contributed by atoms with van der Waals surface area (Å²) in [6, 6.07) is 6.59. The molecule has 1 fully saturated rings. The maximum Gasteiger partial charge on any atom is 0.416 e. The molecular formula is C24H26F3N5O3S2. The quantitative estimate of drug-likeness (QED) is 0.329. The van der Waals surface area contributed by atoms with Gasteiger partial charge < -0.3 is 19.1 Å². The van der Waals surface area contributed by atoms with Crippen molar-refractivity contribution in [3.63, 3.8) is 0 Å². The number of alkyl halides is 3. The van der Waals surface area contributed by atoms with Gasteiger partial charge >= 0.3 is 17.4 Å². The Labute approximate surface area is 219 Å². The second-order valence-corrected chi connectivity index (χ2v) is 11.6. The topological polar surface area (TPSA) is 94.5 Å². The van der Waals surface area contributed by atoms with Crippen LogP contribution in [0.25, 0.3) is 21.8 Å². The molecule has 0 N–H and O–H groups in total. The Hall–Kier alpha value is -2.90. The number of rotatable bonds is 4. The number of nitrogens with zero attached hydrogens (tertiary/aromatic N) is 5. The minimum absolute atomic E-state index is 0.119. The molecule has 1 unspecified atom stereocenters. The van der Waals surface area contributed by atoms with Gasteiger partial charge in [-0.1, -0.05) is 23.5 Å². The highest BCUT2D eigenvalue weighted by Crippen LogP contribution is 2.41. The lowest BCUT2D eigenvalue weighted by atomic mass is 10.1. The standard InChI is InChI=1S/C24H26F3N5O3S2/c1-23(2,3)35-22(33)32-12-10-31(11-13-32)21-30-18(15-6-5-7-16(14-15)24(25,26)27)19(36-21)17-8-9-28-20(29-17)37(4)34/h5-9,14H,10-13H2,1-4H3. The summed E-state index contributed by atoms with van der Waals surface area (Å²) in [7, 11) is 0. The van der Waals surface area contributed by atoms with E-state index in [1.165, 1.54) is 29.9 Å². The van der Waals surface area contributed by atoms with Gasteiger partial charge in [0.25, 0.3) is 0 Å². The minimum atomic E-state index is -4.51. The molecule has 198 valence electrons. The van der Waals surface area contributed by atoms with Gasteiger partial charge in [0.1, 0.15) is 11.9 Å². The minimum Gasteiger partial charge on any atom is -0.609 e. The van der Waals surface area contributed by atoms with Crippen LogP contribution in [0.3, 0.4) is 0 Å². The number of anilines is 1. The molecule has 4 rings (SSSR count). The van der Waals surface area contributed by atoms with Crippen LogP contribution in [0, 0.1) is 0 Å². The third-order valence-electron chi connectivity index (χ3n) is 5.40. The maximum atomic E-state index is 13.4. The van der Waals surface area contributed by atoms with Crippen molar-refractivity contribution in [2.24, 2.45) is 0 Å². The van der Waals surface area contributed by atoms with Gasteiger partial charge in [0.15, 0.2) is 5.13 Å². The molecule has 0 radical (unpaired) electrons.